The van der Waals surface area contributed by atoms with Crippen molar-refractivity contribution < 1.29 is 9.59 Å². The Morgan fingerprint density at radius 3 is 2.41 bits per heavy atom. The van der Waals surface area contributed by atoms with Crippen molar-refractivity contribution in [3.63, 3.8) is 0 Å². The molecule has 1 aliphatic rings. The molecule has 0 aliphatic carbocycles. The van der Waals surface area contributed by atoms with Crippen LogP contribution in [0.1, 0.15) is 50.8 Å². The molecule has 1 unspecified atom stereocenters. The van der Waals surface area contributed by atoms with Crippen molar-refractivity contribution >= 4 is 11.7 Å². The van der Waals surface area contributed by atoms with Crippen molar-refractivity contribution in [2.24, 2.45) is 0 Å². The van der Waals surface area contributed by atoms with Crippen molar-refractivity contribution in [1.29, 1.82) is 0 Å². The number of amides is 1. The Balaban J connectivity index is 1.59. The van der Waals surface area contributed by atoms with Crippen LogP contribution in [-0.2, 0) is 17.8 Å². The van der Waals surface area contributed by atoms with Crippen LogP contribution >= 0.6 is 0 Å². The van der Waals surface area contributed by atoms with E-state index in [2.05, 4.69) is 4.98 Å². The number of benzene rings is 2. The van der Waals surface area contributed by atoms with Crippen LogP contribution in [0, 0.1) is 13.8 Å². The number of carbonyl (C=O) groups excluding carboxylic acids is 2. The van der Waals surface area contributed by atoms with Crippen molar-refractivity contribution in [2.45, 2.75) is 39.3 Å². The monoisotopic (exact) mass is 384 g/mol. The molecular formula is C25H24N2O2. The van der Waals surface area contributed by atoms with Crippen molar-refractivity contribution in [3.8, 4) is 0 Å². The minimum atomic E-state index is -0.284. The maximum atomic E-state index is 13.1. The minimum Gasteiger partial charge on any atom is -0.327 e. The Morgan fingerprint density at radius 2 is 1.72 bits per heavy atom. The van der Waals surface area contributed by atoms with Gasteiger partial charge in [-0.1, -0.05) is 54.1 Å². The molecule has 0 N–H and O–H groups in total. The van der Waals surface area contributed by atoms with Gasteiger partial charge in [-0.25, -0.2) is 0 Å². The number of rotatable bonds is 6. The van der Waals surface area contributed by atoms with E-state index in [1.165, 1.54) is 0 Å². The number of Topliss-reactive ketones (excluding diaryl/α,β-unsaturated/α-hetero) is 1. The molecule has 0 spiro atoms. The van der Waals surface area contributed by atoms with Gasteiger partial charge < -0.3 is 4.90 Å². The molecule has 0 fully saturated rings. The minimum absolute atomic E-state index is 0.00700. The number of aryl methyl sites for hydroxylation is 2. The summed E-state index contributed by atoms with van der Waals surface area (Å²) in [6.45, 7) is 4.54. The van der Waals surface area contributed by atoms with E-state index in [-0.39, 0.29) is 30.6 Å². The fourth-order valence-corrected chi connectivity index (χ4v) is 3.82. The average Bonchev–Trinajstić information content (AvgIpc) is 3.05. The fraction of sp³-hybridized carbons (Fsp3) is 0.240. The highest BCUT2D eigenvalue weighted by Gasteiger charge is 2.34. The first-order valence-electron chi connectivity index (χ1n) is 9.90. The highest BCUT2D eigenvalue weighted by molar-refractivity contribution is 5.99. The van der Waals surface area contributed by atoms with Crippen LogP contribution in [0.4, 0.5) is 0 Å². The summed E-state index contributed by atoms with van der Waals surface area (Å²) in [7, 11) is 0. The number of hydrogen-bond acceptors (Lipinski definition) is 3. The molecule has 1 aromatic heterocycles. The predicted molar refractivity (Wildman–Crippen MR) is 113 cm³/mol. The first-order chi connectivity index (χ1) is 14.0. The summed E-state index contributed by atoms with van der Waals surface area (Å²) in [5, 5.41) is 0. The van der Waals surface area contributed by atoms with Gasteiger partial charge in [0.2, 0.25) is 0 Å². The molecule has 146 valence electrons. The number of aromatic nitrogens is 1. The van der Waals surface area contributed by atoms with Gasteiger partial charge >= 0.3 is 0 Å². The van der Waals surface area contributed by atoms with Gasteiger partial charge in [-0.2, -0.15) is 0 Å². The van der Waals surface area contributed by atoms with E-state index in [4.69, 9.17) is 0 Å². The molecule has 1 atom stereocenters. The lowest BCUT2D eigenvalue weighted by atomic mass is 9.97. The number of nitrogens with zero attached hydrogens (tertiary/aromatic N) is 2. The number of pyridine rings is 1. The van der Waals surface area contributed by atoms with Gasteiger partial charge in [-0.15, -0.1) is 0 Å². The van der Waals surface area contributed by atoms with E-state index in [1.807, 2.05) is 79.4 Å². The third kappa shape index (κ3) is 4.11. The van der Waals surface area contributed by atoms with E-state index in [0.29, 0.717) is 6.54 Å². The molecule has 1 aliphatic heterocycles. The maximum Gasteiger partial charge on any atom is 0.255 e. The van der Waals surface area contributed by atoms with Crippen molar-refractivity contribution in [2.75, 3.05) is 0 Å². The second-order valence-corrected chi connectivity index (χ2v) is 7.76. The molecule has 0 radical (unpaired) electrons. The van der Waals surface area contributed by atoms with Crippen LogP contribution in [0.5, 0.6) is 0 Å². The summed E-state index contributed by atoms with van der Waals surface area (Å²) in [4.78, 5) is 32.1. The van der Waals surface area contributed by atoms with Crippen LogP contribution in [0.3, 0.4) is 0 Å². The second-order valence-electron chi connectivity index (χ2n) is 7.76. The van der Waals surface area contributed by atoms with Crippen molar-refractivity contribution in [1.82, 2.24) is 9.88 Å². The van der Waals surface area contributed by atoms with E-state index >= 15 is 0 Å². The molecule has 29 heavy (non-hydrogen) atoms. The smallest absolute Gasteiger partial charge is 0.255 e. The number of fused-ring (bicyclic) bond motifs is 1. The normalized spacial score (nSPS) is 14.0. The standard InChI is InChI=1S/C25H24N2O2/c1-17-7-10-19(11-8-17)24(14-22(28)13-21-12-9-18(2)15-26-21)27-16-20-5-3-4-6-23(20)25(27)29/h3-12,15,24H,13-14,16H2,1-2H3. The summed E-state index contributed by atoms with van der Waals surface area (Å²) >= 11 is 0. The second kappa shape index (κ2) is 8.00. The molecule has 0 saturated heterocycles. The quantitative estimate of drug-likeness (QED) is 0.624. The van der Waals surface area contributed by atoms with Crippen LogP contribution in [0.2, 0.25) is 0 Å². The predicted octanol–water partition coefficient (Wildman–Crippen LogP) is 4.60. The Labute approximate surface area is 171 Å². The third-order valence-corrected chi connectivity index (χ3v) is 5.46. The van der Waals surface area contributed by atoms with Crippen LogP contribution in [0.15, 0.2) is 66.9 Å². The van der Waals surface area contributed by atoms with Gasteiger partial charge in [0.15, 0.2) is 0 Å². The molecule has 1 amide bonds. The molecule has 0 saturated carbocycles. The van der Waals surface area contributed by atoms with Gasteiger partial charge in [-0.05, 0) is 42.7 Å². The third-order valence-electron chi connectivity index (χ3n) is 5.46. The first kappa shape index (κ1) is 19.1. The molecule has 3 aromatic rings. The van der Waals surface area contributed by atoms with E-state index in [0.717, 1.165) is 33.5 Å². The largest absolute Gasteiger partial charge is 0.327 e. The lowest BCUT2D eigenvalue weighted by Crippen LogP contribution is -2.31. The van der Waals surface area contributed by atoms with Gasteiger partial charge in [0.25, 0.3) is 5.91 Å². The number of carbonyl (C=O) groups is 2. The van der Waals surface area contributed by atoms with E-state index in [9.17, 15) is 9.59 Å². The first-order valence-corrected chi connectivity index (χ1v) is 9.90. The summed E-state index contributed by atoms with van der Waals surface area (Å²) in [6.07, 6.45) is 2.33. The van der Waals surface area contributed by atoms with Crippen LogP contribution in [0.25, 0.3) is 0 Å². The molecule has 2 heterocycles. The number of ketones is 1. The average molecular weight is 384 g/mol. The Kier molecular flexibility index (Phi) is 5.26. The van der Waals surface area contributed by atoms with Crippen molar-refractivity contribution in [3.05, 3.63) is 100 Å². The molecule has 4 nitrogen and oxygen atoms in total. The molecule has 4 rings (SSSR count). The van der Waals surface area contributed by atoms with Crippen LogP contribution < -0.4 is 0 Å². The lowest BCUT2D eigenvalue weighted by Gasteiger charge is -2.28. The van der Waals surface area contributed by atoms with Crippen LogP contribution in [-0.4, -0.2) is 21.6 Å². The van der Waals surface area contributed by atoms with Gasteiger partial charge in [0, 0.05) is 36.8 Å². The molecule has 4 heteroatoms. The zero-order valence-corrected chi connectivity index (χ0v) is 16.8. The molecular weight excluding hydrogens is 360 g/mol. The summed E-state index contributed by atoms with van der Waals surface area (Å²) in [5.74, 6) is 0.0723. The molecule has 0 bridgehead atoms. The topological polar surface area (TPSA) is 50.3 Å². The fourth-order valence-electron chi connectivity index (χ4n) is 3.82. The Hall–Kier alpha value is -3.27. The van der Waals surface area contributed by atoms with E-state index in [1.54, 1.807) is 6.20 Å². The lowest BCUT2D eigenvalue weighted by molar-refractivity contribution is -0.119. The SMILES string of the molecule is Cc1ccc(C(CC(=O)Cc2ccc(C)cn2)N2Cc3ccccc3C2=O)cc1. The summed E-state index contributed by atoms with van der Waals surface area (Å²) in [6, 6.07) is 19.4. The Morgan fingerprint density at radius 1 is 1.00 bits per heavy atom. The van der Waals surface area contributed by atoms with E-state index < -0.39 is 0 Å². The maximum absolute atomic E-state index is 13.1. The van der Waals surface area contributed by atoms with Gasteiger partial charge in [0.1, 0.15) is 5.78 Å². The van der Waals surface area contributed by atoms with Gasteiger partial charge in [-0.3, -0.25) is 14.6 Å². The Bertz CT molecular complexity index is 1040. The zero-order chi connectivity index (χ0) is 20.4. The number of hydrogen-bond donors (Lipinski definition) is 0. The summed E-state index contributed by atoms with van der Waals surface area (Å²) in [5.41, 5.74) is 5.72. The highest BCUT2D eigenvalue weighted by atomic mass is 16.2. The zero-order valence-electron chi connectivity index (χ0n) is 16.8. The molecule has 2 aromatic carbocycles. The highest BCUT2D eigenvalue weighted by Crippen LogP contribution is 2.34. The van der Waals surface area contributed by atoms with Gasteiger partial charge in [0.05, 0.1) is 6.04 Å². The summed E-state index contributed by atoms with van der Waals surface area (Å²) < 4.78 is 0.